The minimum atomic E-state index is 0.621. The predicted octanol–water partition coefficient (Wildman–Crippen LogP) is 10.7. The first-order valence-corrected chi connectivity index (χ1v) is 15.0. The van der Waals surface area contributed by atoms with Gasteiger partial charge in [-0.2, -0.15) is 0 Å². The van der Waals surface area contributed by atoms with Gasteiger partial charge in [-0.25, -0.2) is 15.0 Å². The molecule has 0 saturated heterocycles. The van der Waals surface area contributed by atoms with Crippen LogP contribution in [-0.2, 0) is 0 Å². The van der Waals surface area contributed by atoms with E-state index in [4.69, 9.17) is 19.4 Å². The third-order valence-electron chi connectivity index (χ3n) is 8.49. The van der Waals surface area contributed by atoms with Crippen molar-refractivity contribution >= 4 is 43.5 Å². The van der Waals surface area contributed by atoms with Gasteiger partial charge >= 0.3 is 0 Å². The fraction of sp³-hybridized carbons (Fsp3) is 0. The molecule has 4 nitrogen and oxygen atoms in total. The molecule has 0 unspecified atom stereocenters. The second-order valence-electron chi connectivity index (χ2n) is 11.3. The van der Waals surface area contributed by atoms with E-state index in [1.54, 1.807) is 0 Å². The maximum absolute atomic E-state index is 6.37. The van der Waals surface area contributed by atoms with E-state index in [0.717, 1.165) is 55.1 Å². The fourth-order valence-corrected chi connectivity index (χ4v) is 6.14. The van der Waals surface area contributed by atoms with Crippen molar-refractivity contribution in [1.29, 1.82) is 0 Å². The predicted molar refractivity (Wildman–Crippen MR) is 184 cm³/mol. The Hall–Kier alpha value is -6.13. The van der Waals surface area contributed by atoms with Crippen molar-refractivity contribution in [3.63, 3.8) is 0 Å². The summed E-state index contributed by atoms with van der Waals surface area (Å²) in [5.41, 5.74) is 6.77. The molecule has 4 heteroatoms. The van der Waals surface area contributed by atoms with Crippen LogP contribution in [0.25, 0.3) is 88.8 Å². The van der Waals surface area contributed by atoms with Crippen LogP contribution in [0.3, 0.4) is 0 Å². The molecule has 2 heterocycles. The van der Waals surface area contributed by atoms with Crippen molar-refractivity contribution in [3.05, 3.63) is 152 Å². The molecular formula is C41H25N3O. The molecule has 0 radical (unpaired) electrons. The van der Waals surface area contributed by atoms with Gasteiger partial charge in [0.15, 0.2) is 17.5 Å². The summed E-state index contributed by atoms with van der Waals surface area (Å²) in [4.78, 5) is 14.9. The highest BCUT2D eigenvalue weighted by atomic mass is 16.3. The molecule has 210 valence electrons. The Labute approximate surface area is 259 Å². The van der Waals surface area contributed by atoms with Crippen LogP contribution in [0.2, 0.25) is 0 Å². The number of aromatic nitrogens is 3. The summed E-state index contributed by atoms with van der Waals surface area (Å²) < 4.78 is 6.37. The van der Waals surface area contributed by atoms with E-state index in [0.29, 0.717) is 17.5 Å². The van der Waals surface area contributed by atoms with Gasteiger partial charge in [-0.3, -0.25) is 0 Å². The van der Waals surface area contributed by atoms with Gasteiger partial charge < -0.3 is 4.42 Å². The number of rotatable bonds is 4. The largest absolute Gasteiger partial charge is 0.456 e. The molecule has 9 rings (SSSR count). The second kappa shape index (κ2) is 10.2. The van der Waals surface area contributed by atoms with E-state index in [1.165, 1.54) is 16.2 Å². The zero-order chi connectivity index (χ0) is 29.7. The average Bonchev–Trinajstić information content (AvgIpc) is 3.48. The molecular weight excluding hydrogens is 550 g/mol. The highest BCUT2D eigenvalue weighted by Gasteiger charge is 2.15. The van der Waals surface area contributed by atoms with Crippen LogP contribution in [0, 0.1) is 0 Å². The smallest absolute Gasteiger partial charge is 0.164 e. The lowest BCUT2D eigenvalue weighted by atomic mass is 10.00. The highest BCUT2D eigenvalue weighted by molar-refractivity contribution is 6.07. The Kier molecular flexibility index (Phi) is 5.78. The minimum absolute atomic E-state index is 0.621. The molecule has 0 amide bonds. The average molecular weight is 576 g/mol. The molecule has 0 N–H and O–H groups in total. The van der Waals surface area contributed by atoms with Gasteiger partial charge in [-0.05, 0) is 75.1 Å². The maximum Gasteiger partial charge on any atom is 0.164 e. The maximum atomic E-state index is 6.37. The van der Waals surface area contributed by atoms with Crippen molar-refractivity contribution in [1.82, 2.24) is 15.0 Å². The van der Waals surface area contributed by atoms with Gasteiger partial charge in [-0.1, -0.05) is 109 Å². The summed E-state index contributed by atoms with van der Waals surface area (Å²) in [6.45, 7) is 0. The lowest BCUT2D eigenvalue weighted by Gasteiger charge is -2.09. The molecule has 9 aromatic rings. The van der Waals surface area contributed by atoms with Crippen molar-refractivity contribution in [2.75, 3.05) is 0 Å². The minimum Gasteiger partial charge on any atom is -0.456 e. The number of furan rings is 1. The Morgan fingerprint density at radius 3 is 1.53 bits per heavy atom. The number of nitrogens with zero attached hydrogens (tertiary/aromatic N) is 3. The molecule has 0 spiro atoms. The van der Waals surface area contributed by atoms with Crippen LogP contribution in [0.1, 0.15) is 0 Å². The molecule has 0 aliphatic heterocycles. The first-order valence-electron chi connectivity index (χ1n) is 15.0. The Morgan fingerprint density at radius 1 is 0.311 bits per heavy atom. The van der Waals surface area contributed by atoms with Gasteiger partial charge in [0, 0.05) is 27.5 Å². The molecule has 7 aromatic carbocycles. The number of fused-ring (bicyclic) bond motifs is 5. The van der Waals surface area contributed by atoms with Crippen LogP contribution in [0.5, 0.6) is 0 Å². The van der Waals surface area contributed by atoms with E-state index in [1.807, 2.05) is 42.5 Å². The quantitative estimate of drug-likeness (QED) is 0.209. The summed E-state index contributed by atoms with van der Waals surface area (Å²) in [6.07, 6.45) is 0. The van der Waals surface area contributed by atoms with E-state index in [9.17, 15) is 0 Å². The zero-order valence-corrected chi connectivity index (χ0v) is 24.2. The number of hydrogen-bond donors (Lipinski definition) is 0. The van der Waals surface area contributed by atoms with Crippen LogP contribution < -0.4 is 0 Å². The Balaban J connectivity index is 1.17. The van der Waals surface area contributed by atoms with Crippen molar-refractivity contribution in [2.45, 2.75) is 0 Å². The van der Waals surface area contributed by atoms with E-state index >= 15 is 0 Å². The molecule has 2 aromatic heterocycles. The van der Waals surface area contributed by atoms with Crippen LogP contribution >= 0.6 is 0 Å². The van der Waals surface area contributed by atoms with Gasteiger partial charge in [-0.15, -0.1) is 0 Å². The Bertz CT molecular complexity index is 2550. The fourth-order valence-electron chi connectivity index (χ4n) is 6.14. The summed E-state index contributed by atoms with van der Waals surface area (Å²) in [5.74, 6) is 1.90. The number of benzene rings is 7. The summed E-state index contributed by atoms with van der Waals surface area (Å²) in [6, 6.07) is 52.4. The second-order valence-corrected chi connectivity index (χ2v) is 11.3. The van der Waals surface area contributed by atoms with Gasteiger partial charge in [0.1, 0.15) is 11.2 Å². The lowest BCUT2D eigenvalue weighted by molar-refractivity contribution is 0.669. The molecule has 0 bridgehead atoms. The third-order valence-corrected chi connectivity index (χ3v) is 8.49. The monoisotopic (exact) mass is 575 g/mol. The normalized spacial score (nSPS) is 11.6. The van der Waals surface area contributed by atoms with Gasteiger partial charge in [0.2, 0.25) is 0 Å². The summed E-state index contributed by atoms with van der Waals surface area (Å²) >= 11 is 0. The topological polar surface area (TPSA) is 51.8 Å². The van der Waals surface area contributed by atoms with Crippen LogP contribution in [0.15, 0.2) is 156 Å². The SMILES string of the molecule is c1ccc(-c2nc(-c3ccc4ccccc4c3)nc(-c3ccc4oc5cc(-c6ccc7ccccc7c6)ccc5c4c3)n2)cc1. The molecule has 0 aliphatic carbocycles. The molecule has 0 aliphatic rings. The Morgan fingerprint density at radius 2 is 0.822 bits per heavy atom. The highest BCUT2D eigenvalue weighted by Crippen LogP contribution is 2.36. The zero-order valence-electron chi connectivity index (χ0n) is 24.2. The van der Waals surface area contributed by atoms with Gasteiger partial charge in [0.25, 0.3) is 0 Å². The molecule has 45 heavy (non-hydrogen) atoms. The van der Waals surface area contributed by atoms with Crippen LogP contribution in [0.4, 0.5) is 0 Å². The van der Waals surface area contributed by atoms with E-state index < -0.39 is 0 Å². The summed E-state index contributed by atoms with van der Waals surface area (Å²) in [5, 5.41) is 6.87. The standard InChI is InChI=1S/C41H25N3O/c1-2-10-28(11-3-1)39-42-40(33-17-15-27-9-5-7-13-30(27)23-33)44-41(43-39)34-19-21-37-36(24-34)35-20-18-32(25-38(35)45-37)31-16-14-26-8-4-6-12-29(26)22-31/h1-25H. The third kappa shape index (κ3) is 4.52. The molecule has 0 atom stereocenters. The molecule has 0 fully saturated rings. The van der Waals surface area contributed by atoms with Gasteiger partial charge in [0.05, 0.1) is 0 Å². The summed E-state index contributed by atoms with van der Waals surface area (Å²) in [7, 11) is 0. The van der Waals surface area contributed by atoms with E-state index in [2.05, 4.69) is 109 Å². The van der Waals surface area contributed by atoms with Crippen molar-refractivity contribution in [3.8, 4) is 45.3 Å². The molecule has 0 saturated carbocycles. The van der Waals surface area contributed by atoms with Crippen LogP contribution in [-0.4, -0.2) is 15.0 Å². The van der Waals surface area contributed by atoms with Crippen molar-refractivity contribution < 1.29 is 4.42 Å². The lowest BCUT2D eigenvalue weighted by Crippen LogP contribution is -2.00. The first kappa shape index (κ1) is 25.4. The van der Waals surface area contributed by atoms with E-state index in [-0.39, 0.29) is 0 Å². The first-order chi connectivity index (χ1) is 22.2. The van der Waals surface area contributed by atoms with Crippen molar-refractivity contribution in [2.24, 2.45) is 0 Å². The number of hydrogen-bond acceptors (Lipinski definition) is 4.